The Bertz CT molecular complexity index is 609. The average Bonchev–Trinajstić information content (AvgIpc) is 2.97. The van der Waals surface area contributed by atoms with Crippen LogP contribution in [0.15, 0.2) is 34.9 Å². The summed E-state index contributed by atoms with van der Waals surface area (Å²) in [5.41, 5.74) is 1.54. The van der Waals surface area contributed by atoms with Gasteiger partial charge in [-0.3, -0.25) is 4.90 Å². The zero-order valence-corrected chi connectivity index (χ0v) is 12.7. The third-order valence-corrected chi connectivity index (χ3v) is 4.28. The molecule has 5 heteroatoms. The molecule has 22 heavy (non-hydrogen) atoms. The first-order valence-corrected chi connectivity index (χ1v) is 7.77. The van der Waals surface area contributed by atoms with E-state index >= 15 is 0 Å². The van der Waals surface area contributed by atoms with Crippen molar-refractivity contribution in [1.82, 2.24) is 10.1 Å². The van der Waals surface area contributed by atoms with Gasteiger partial charge in [0.05, 0.1) is 12.6 Å². The number of aromatic nitrogens is 1. The normalized spacial score (nSPS) is 21.0. The third kappa shape index (κ3) is 3.36. The molecule has 2 heterocycles. The van der Waals surface area contributed by atoms with E-state index < -0.39 is 0 Å². The number of rotatable bonds is 4. The molecule has 2 atom stereocenters. The van der Waals surface area contributed by atoms with Gasteiger partial charge in [-0.1, -0.05) is 11.6 Å². The monoisotopic (exact) mass is 304 g/mol. The Hall–Kier alpha value is -1.72. The van der Waals surface area contributed by atoms with E-state index in [1.54, 1.807) is 12.1 Å². The Kier molecular flexibility index (Phi) is 4.55. The lowest BCUT2D eigenvalue weighted by atomic mass is 9.98. The second-order valence-electron chi connectivity index (χ2n) is 5.96. The summed E-state index contributed by atoms with van der Waals surface area (Å²) in [5.74, 6) is 0.507. The minimum absolute atomic E-state index is 0.174. The number of piperidine rings is 1. The lowest BCUT2D eigenvalue weighted by Gasteiger charge is -2.36. The fraction of sp³-hybridized carbons (Fsp3) is 0.471. The van der Waals surface area contributed by atoms with Crippen LogP contribution in [0.1, 0.15) is 31.9 Å². The zero-order valence-electron chi connectivity index (χ0n) is 12.7. The van der Waals surface area contributed by atoms with Gasteiger partial charge in [-0.2, -0.15) is 0 Å². The lowest BCUT2D eigenvalue weighted by Crippen LogP contribution is -2.45. The van der Waals surface area contributed by atoms with Crippen LogP contribution in [0.25, 0.3) is 11.3 Å². The Balaban J connectivity index is 1.72. The van der Waals surface area contributed by atoms with E-state index in [9.17, 15) is 9.50 Å². The molecule has 1 aromatic heterocycles. The summed E-state index contributed by atoms with van der Waals surface area (Å²) in [6.07, 6.45) is 2.96. The minimum atomic E-state index is -0.347. The van der Waals surface area contributed by atoms with Crippen molar-refractivity contribution < 1.29 is 14.0 Å². The highest BCUT2D eigenvalue weighted by Gasteiger charge is 2.27. The Labute approximate surface area is 129 Å². The highest BCUT2D eigenvalue weighted by molar-refractivity contribution is 5.58. The first-order valence-electron chi connectivity index (χ1n) is 7.77. The molecule has 4 nitrogen and oxygen atoms in total. The maximum atomic E-state index is 13.0. The van der Waals surface area contributed by atoms with Gasteiger partial charge in [0, 0.05) is 17.7 Å². The molecule has 1 aliphatic rings. The quantitative estimate of drug-likeness (QED) is 0.942. The van der Waals surface area contributed by atoms with Gasteiger partial charge in [-0.05, 0) is 50.6 Å². The largest absolute Gasteiger partial charge is 0.392 e. The molecule has 0 amide bonds. The molecule has 1 aliphatic heterocycles. The summed E-state index contributed by atoms with van der Waals surface area (Å²) in [4.78, 5) is 2.25. The van der Waals surface area contributed by atoms with E-state index in [1.807, 2.05) is 13.0 Å². The summed E-state index contributed by atoms with van der Waals surface area (Å²) >= 11 is 0. The predicted octanol–water partition coefficient (Wildman–Crippen LogP) is 3.22. The molecule has 2 unspecified atom stereocenters. The summed E-state index contributed by atoms with van der Waals surface area (Å²) < 4.78 is 18.4. The van der Waals surface area contributed by atoms with Crippen LogP contribution in [0.3, 0.4) is 0 Å². The van der Waals surface area contributed by atoms with E-state index in [1.165, 1.54) is 12.1 Å². The van der Waals surface area contributed by atoms with Crippen molar-refractivity contribution in [2.45, 2.75) is 44.9 Å². The number of hydrogen-bond acceptors (Lipinski definition) is 4. The lowest BCUT2D eigenvalue weighted by molar-refractivity contribution is 0.0270. The van der Waals surface area contributed by atoms with Gasteiger partial charge in [-0.15, -0.1) is 0 Å². The van der Waals surface area contributed by atoms with Gasteiger partial charge in [0.2, 0.25) is 0 Å². The maximum Gasteiger partial charge on any atom is 0.151 e. The van der Waals surface area contributed by atoms with E-state index in [0.29, 0.717) is 12.2 Å². The molecule has 3 rings (SSSR count). The topological polar surface area (TPSA) is 49.5 Å². The van der Waals surface area contributed by atoms with Gasteiger partial charge in [-0.25, -0.2) is 4.39 Å². The SMILES string of the molecule is CC(O)C1CCCCN1Cc1cc(-c2ccc(F)cc2)no1. The smallest absolute Gasteiger partial charge is 0.151 e. The molecule has 0 aliphatic carbocycles. The van der Waals surface area contributed by atoms with Crippen LogP contribution in [0, 0.1) is 5.82 Å². The van der Waals surface area contributed by atoms with Crippen molar-refractivity contribution in [2.24, 2.45) is 0 Å². The van der Waals surface area contributed by atoms with E-state index in [0.717, 1.165) is 37.1 Å². The molecular weight excluding hydrogens is 283 g/mol. The zero-order chi connectivity index (χ0) is 15.5. The molecule has 1 N–H and O–H groups in total. The van der Waals surface area contributed by atoms with Gasteiger partial charge >= 0.3 is 0 Å². The van der Waals surface area contributed by atoms with Crippen LogP contribution in [-0.2, 0) is 6.54 Å². The van der Waals surface area contributed by atoms with Gasteiger partial charge < -0.3 is 9.63 Å². The van der Waals surface area contributed by atoms with Crippen LogP contribution in [0.5, 0.6) is 0 Å². The highest BCUT2D eigenvalue weighted by Crippen LogP contribution is 2.24. The number of likely N-dealkylation sites (tertiary alicyclic amines) is 1. The van der Waals surface area contributed by atoms with E-state index in [-0.39, 0.29) is 18.0 Å². The summed E-state index contributed by atoms with van der Waals surface area (Å²) in [6, 6.07) is 8.27. The van der Waals surface area contributed by atoms with Crippen molar-refractivity contribution in [3.63, 3.8) is 0 Å². The Morgan fingerprint density at radius 1 is 1.36 bits per heavy atom. The van der Waals surface area contributed by atoms with Gasteiger partial charge in [0.15, 0.2) is 5.76 Å². The standard InChI is InChI=1S/C17H21FN2O2/c1-12(21)17-4-2-3-9-20(17)11-15-10-16(19-22-15)13-5-7-14(18)8-6-13/h5-8,10,12,17,21H,2-4,9,11H2,1H3. The first kappa shape index (κ1) is 15.2. The van der Waals surface area contributed by atoms with Crippen molar-refractivity contribution in [2.75, 3.05) is 6.54 Å². The van der Waals surface area contributed by atoms with Crippen LogP contribution >= 0.6 is 0 Å². The van der Waals surface area contributed by atoms with E-state index in [4.69, 9.17) is 4.52 Å². The van der Waals surface area contributed by atoms with Gasteiger partial charge in [0.25, 0.3) is 0 Å². The second-order valence-corrected chi connectivity index (χ2v) is 5.96. The number of aliphatic hydroxyl groups is 1. The predicted molar refractivity (Wildman–Crippen MR) is 81.6 cm³/mol. The number of benzene rings is 1. The molecule has 0 radical (unpaired) electrons. The maximum absolute atomic E-state index is 13.0. The molecular formula is C17H21FN2O2. The number of nitrogens with zero attached hydrogens (tertiary/aromatic N) is 2. The van der Waals surface area contributed by atoms with Crippen LogP contribution in [0.4, 0.5) is 4.39 Å². The third-order valence-electron chi connectivity index (χ3n) is 4.28. The molecule has 118 valence electrons. The average molecular weight is 304 g/mol. The minimum Gasteiger partial charge on any atom is -0.392 e. The molecule has 1 fully saturated rings. The van der Waals surface area contributed by atoms with Crippen molar-refractivity contribution in [3.8, 4) is 11.3 Å². The molecule has 0 saturated carbocycles. The van der Waals surface area contributed by atoms with Gasteiger partial charge in [0.1, 0.15) is 11.5 Å². The number of halogens is 1. The fourth-order valence-corrected chi connectivity index (χ4v) is 3.10. The van der Waals surface area contributed by atoms with Crippen molar-refractivity contribution >= 4 is 0 Å². The summed E-state index contributed by atoms with van der Waals surface area (Å²) in [7, 11) is 0. The fourth-order valence-electron chi connectivity index (χ4n) is 3.10. The van der Waals surface area contributed by atoms with Crippen LogP contribution < -0.4 is 0 Å². The summed E-state index contributed by atoms with van der Waals surface area (Å²) in [5, 5.41) is 14.0. The highest BCUT2D eigenvalue weighted by atomic mass is 19.1. The Morgan fingerprint density at radius 2 is 2.14 bits per heavy atom. The molecule has 1 saturated heterocycles. The second kappa shape index (κ2) is 6.58. The number of aliphatic hydroxyl groups excluding tert-OH is 1. The van der Waals surface area contributed by atoms with E-state index in [2.05, 4.69) is 10.1 Å². The molecule has 0 bridgehead atoms. The molecule has 1 aromatic carbocycles. The number of hydrogen-bond donors (Lipinski definition) is 1. The molecule has 0 spiro atoms. The molecule has 2 aromatic rings. The van der Waals surface area contributed by atoms with Crippen molar-refractivity contribution in [3.05, 3.63) is 41.9 Å². The van der Waals surface area contributed by atoms with Crippen LogP contribution in [0.2, 0.25) is 0 Å². The Morgan fingerprint density at radius 3 is 2.86 bits per heavy atom. The first-order chi connectivity index (χ1) is 10.6. The summed E-state index contributed by atoms with van der Waals surface area (Å²) in [6.45, 7) is 3.44. The van der Waals surface area contributed by atoms with Crippen LogP contribution in [-0.4, -0.2) is 33.9 Å². The van der Waals surface area contributed by atoms with Crippen molar-refractivity contribution in [1.29, 1.82) is 0 Å².